The number of nitrogens with one attached hydrogen (secondary N) is 3. The van der Waals surface area contributed by atoms with E-state index >= 15 is 0 Å². The van der Waals surface area contributed by atoms with Crippen LogP contribution in [0, 0.1) is 5.92 Å². The number of benzene rings is 1. The van der Waals surface area contributed by atoms with Crippen molar-refractivity contribution in [1.29, 1.82) is 0 Å². The fraction of sp³-hybridized carbons (Fsp3) is 0.522. The maximum Gasteiger partial charge on any atom is 0.246 e. The van der Waals surface area contributed by atoms with Crippen molar-refractivity contribution in [1.82, 2.24) is 20.4 Å². The van der Waals surface area contributed by atoms with Crippen LogP contribution in [0.1, 0.15) is 51.0 Å². The normalized spacial score (nSPS) is 14.2. The second kappa shape index (κ2) is 14.1. The van der Waals surface area contributed by atoms with Gasteiger partial charge in [-0.2, -0.15) is 5.10 Å². The summed E-state index contributed by atoms with van der Waals surface area (Å²) >= 11 is 0. The summed E-state index contributed by atoms with van der Waals surface area (Å²) in [6, 6.07) is 9.62. The first-order valence-corrected chi connectivity index (χ1v) is 11.1. The molecule has 1 saturated carbocycles. The Morgan fingerprint density at radius 1 is 1.23 bits per heavy atom. The standard InChI is InChI=1S/C23H34N6O.HI/c1-2-24-23(25-13-6-11-19-8-3-4-9-19)26-17-20-10-5-12-21(16-20)28-22(30)18-29-15-7-14-27-29;/h5,7,10,12,14-16,19H,2-4,6,8-9,11,13,17-18H2,1H3,(H,28,30)(H2,24,25,26);1H. The maximum atomic E-state index is 12.2. The number of hydrogen-bond donors (Lipinski definition) is 3. The molecule has 1 aromatic heterocycles. The number of aromatic nitrogens is 2. The number of aliphatic imine (C=N–C) groups is 1. The highest BCUT2D eigenvalue weighted by molar-refractivity contribution is 14.0. The van der Waals surface area contributed by atoms with Crippen LogP contribution in [0.25, 0.3) is 0 Å². The van der Waals surface area contributed by atoms with E-state index in [1.165, 1.54) is 38.5 Å². The summed E-state index contributed by atoms with van der Waals surface area (Å²) in [5.74, 6) is 1.67. The van der Waals surface area contributed by atoms with E-state index in [0.717, 1.165) is 36.2 Å². The van der Waals surface area contributed by atoms with Gasteiger partial charge in [0.15, 0.2) is 5.96 Å². The molecule has 0 unspecified atom stereocenters. The maximum absolute atomic E-state index is 12.2. The first kappa shape index (κ1) is 25.2. The van der Waals surface area contributed by atoms with E-state index in [1.807, 2.05) is 24.3 Å². The highest BCUT2D eigenvalue weighted by atomic mass is 127. The molecule has 0 bridgehead atoms. The molecule has 3 N–H and O–H groups in total. The SMILES string of the molecule is CCNC(=NCc1cccc(NC(=O)Cn2cccn2)c1)NCCCC1CCCC1.I. The van der Waals surface area contributed by atoms with Crippen molar-refractivity contribution in [2.45, 2.75) is 58.5 Å². The monoisotopic (exact) mass is 538 g/mol. The lowest BCUT2D eigenvalue weighted by Gasteiger charge is -2.13. The molecule has 1 fully saturated rings. The average Bonchev–Trinajstić information content (AvgIpc) is 3.44. The van der Waals surface area contributed by atoms with Crippen LogP contribution in [0.5, 0.6) is 0 Å². The summed E-state index contributed by atoms with van der Waals surface area (Å²) in [6.45, 7) is 4.61. The van der Waals surface area contributed by atoms with Gasteiger partial charge < -0.3 is 16.0 Å². The van der Waals surface area contributed by atoms with E-state index in [0.29, 0.717) is 6.54 Å². The van der Waals surface area contributed by atoms with Crippen molar-refractivity contribution >= 4 is 41.5 Å². The quantitative estimate of drug-likeness (QED) is 0.184. The van der Waals surface area contributed by atoms with Gasteiger partial charge in [0.2, 0.25) is 5.91 Å². The van der Waals surface area contributed by atoms with Crippen molar-refractivity contribution in [2.75, 3.05) is 18.4 Å². The van der Waals surface area contributed by atoms with Crippen molar-refractivity contribution < 1.29 is 4.79 Å². The third-order valence-corrected chi connectivity index (χ3v) is 5.40. The van der Waals surface area contributed by atoms with Crippen LogP contribution < -0.4 is 16.0 Å². The van der Waals surface area contributed by atoms with Crippen molar-refractivity contribution in [3.8, 4) is 0 Å². The molecule has 0 saturated heterocycles. The van der Waals surface area contributed by atoms with Gasteiger partial charge in [-0.15, -0.1) is 24.0 Å². The Labute approximate surface area is 202 Å². The number of rotatable bonds is 10. The molecule has 7 nitrogen and oxygen atoms in total. The van der Waals surface area contributed by atoms with Crippen molar-refractivity contribution in [2.24, 2.45) is 10.9 Å². The van der Waals surface area contributed by atoms with Crippen LogP contribution in [0.4, 0.5) is 5.69 Å². The molecule has 0 spiro atoms. The van der Waals surface area contributed by atoms with E-state index in [1.54, 1.807) is 23.1 Å². The van der Waals surface area contributed by atoms with Crippen molar-refractivity contribution in [3.05, 3.63) is 48.3 Å². The third kappa shape index (κ3) is 9.28. The van der Waals surface area contributed by atoms with Crippen LogP contribution in [-0.4, -0.2) is 34.7 Å². The van der Waals surface area contributed by atoms with Crippen LogP contribution in [0.3, 0.4) is 0 Å². The Kier molecular flexibility index (Phi) is 11.4. The molecule has 0 radical (unpaired) electrons. The van der Waals surface area contributed by atoms with Gasteiger partial charge in [-0.25, -0.2) is 4.99 Å². The van der Waals surface area contributed by atoms with E-state index in [2.05, 4.69) is 28.0 Å². The molecule has 2 aromatic rings. The van der Waals surface area contributed by atoms with Crippen molar-refractivity contribution in [3.63, 3.8) is 0 Å². The Hall–Kier alpha value is -2.10. The minimum absolute atomic E-state index is 0. The molecule has 8 heteroatoms. The molecule has 1 heterocycles. The van der Waals surface area contributed by atoms with Gasteiger partial charge in [-0.1, -0.05) is 37.8 Å². The molecule has 1 amide bonds. The van der Waals surface area contributed by atoms with Gasteiger partial charge in [0.05, 0.1) is 6.54 Å². The number of nitrogens with zero attached hydrogens (tertiary/aromatic N) is 3. The second-order valence-electron chi connectivity index (χ2n) is 7.87. The minimum Gasteiger partial charge on any atom is -0.357 e. The molecule has 3 rings (SSSR count). The fourth-order valence-corrected chi connectivity index (χ4v) is 3.90. The van der Waals surface area contributed by atoms with Gasteiger partial charge in [0.1, 0.15) is 6.54 Å². The molecular weight excluding hydrogens is 503 g/mol. The predicted octanol–water partition coefficient (Wildman–Crippen LogP) is 4.17. The Morgan fingerprint density at radius 3 is 2.81 bits per heavy atom. The minimum atomic E-state index is -0.100. The summed E-state index contributed by atoms with van der Waals surface area (Å²) in [6.07, 6.45) is 11.6. The third-order valence-electron chi connectivity index (χ3n) is 5.40. The predicted molar refractivity (Wildman–Crippen MR) is 137 cm³/mol. The van der Waals surface area contributed by atoms with Gasteiger partial charge in [-0.05, 0) is 49.4 Å². The average molecular weight is 538 g/mol. The number of halogens is 1. The number of amides is 1. The lowest BCUT2D eigenvalue weighted by Crippen LogP contribution is -2.37. The van der Waals surface area contributed by atoms with E-state index < -0.39 is 0 Å². The largest absolute Gasteiger partial charge is 0.357 e. The Bertz CT molecular complexity index is 802. The number of carbonyl (C=O) groups excluding carboxylic acids is 1. The second-order valence-corrected chi connectivity index (χ2v) is 7.87. The highest BCUT2D eigenvalue weighted by Crippen LogP contribution is 2.28. The van der Waals surface area contributed by atoms with E-state index in [-0.39, 0.29) is 36.4 Å². The van der Waals surface area contributed by atoms with Crippen LogP contribution >= 0.6 is 24.0 Å². The number of carbonyl (C=O) groups is 1. The zero-order chi connectivity index (χ0) is 21.0. The molecule has 31 heavy (non-hydrogen) atoms. The Balaban J connectivity index is 0.00000341. The van der Waals surface area contributed by atoms with E-state index in [9.17, 15) is 4.79 Å². The lowest BCUT2D eigenvalue weighted by atomic mass is 10.0. The number of hydrogen-bond acceptors (Lipinski definition) is 3. The topological polar surface area (TPSA) is 83.3 Å². The smallest absolute Gasteiger partial charge is 0.246 e. The van der Waals surface area contributed by atoms with Gasteiger partial charge in [-0.3, -0.25) is 9.48 Å². The lowest BCUT2D eigenvalue weighted by molar-refractivity contribution is -0.116. The van der Waals surface area contributed by atoms with Crippen LogP contribution in [-0.2, 0) is 17.9 Å². The number of anilines is 1. The van der Waals surface area contributed by atoms with Gasteiger partial charge >= 0.3 is 0 Å². The molecular formula is C23H35IN6O. The van der Waals surface area contributed by atoms with E-state index in [4.69, 9.17) is 4.99 Å². The van der Waals surface area contributed by atoms with Gasteiger partial charge in [0.25, 0.3) is 0 Å². The fourth-order valence-electron chi connectivity index (χ4n) is 3.90. The zero-order valence-electron chi connectivity index (χ0n) is 18.3. The molecule has 0 atom stereocenters. The van der Waals surface area contributed by atoms with Crippen LogP contribution in [0.2, 0.25) is 0 Å². The molecule has 0 aliphatic heterocycles. The summed E-state index contributed by atoms with van der Waals surface area (Å²) in [5, 5.41) is 13.7. The first-order chi connectivity index (χ1) is 14.7. The highest BCUT2D eigenvalue weighted by Gasteiger charge is 2.14. The number of guanidine groups is 1. The summed E-state index contributed by atoms with van der Waals surface area (Å²) in [4.78, 5) is 16.9. The Morgan fingerprint density at radius 2 is 2.06 bits per heavy atom. The molecule has 1 aliphatic carbocycles. The molecule has 170 valence electrons. The summed E-state index contributed by atoms with van der Waals surface area (Å²) < 4.78 is 1.60. The molecule has 1 aliphatic rings. The first-order valence-electron chi connectivity index (χ1n) is 11.1. The zero-order valence-corrected chi connectivity index (χ0v) is 20.7. The van der Waals surface area contributed by atoms with Crippen LogP contribution in [0.15, 0.2) is 47.7 Å². The summed E-state index contributed by atoms with van der Waals surface area (Å²) in [5.41, 5.74) is 1.82. The van der Waals surface area contributed by atoms with Gasteiger partial charge in [0, 0.05) is 31.2 Å². The summed E-state index contributed by atoms with van der Waals surface area (Å²) in [7, 11) is 0. The molecule has 1 aromatic carbocycles.